The van der Waals surface area contributed by atoms with Gasteiger partial charge in [0.25, 0.3) is 5.91 Å². The number of nitrogens with one attached hydrogen (secondary N) is 1. The van der Waals surface area contributed by atoms with Gasteiger partial charge in [0.1, 0.15) is 15.7 Å². The van der Waals surface area contributed by atoms with E-state index in [4.69, 9.17) is 21.1 Å². The second kappa shape index (κ2) is 10.7. The summed E-state index contributed by atoms with van der Waals surface area (Å²) >= 11 is 7.52. The van der Waals surface area contributed by atoms with Crippen molar-refractivity contribution in [3.8, 4) is 5.69 Å². The Bertz CT molecular complexity index is 1380. The fourth-order valence-corrected chi connectivity index (χ4v) is 4.84. The van der Waals surface area contributed by atoms with Crippen LogP contribution >= 0.6 is 22.9 Å². The Morgan fingerprint density at radius 1 is 1.11 bits per heavy atom. The van der Waals surface area contributed by atoms with Gasteiger partial charge >= 0.3 is 11.9 Å². The summed E-state index contributed by atoms with van der Waals surface area (Å²) in [5, 5.41) is 8.43. The van der Waals surface area contributed by atoms with E-state index in [1.165, 1.54) is 18.4 Å². The van der Waals surface area contributed by atoms with Crippen LogP contribution in [0.4, 0.5) is 0 Å². The SMILES string of the molecule is COC(=O)[C@@H](Cc1ccccc1)NC(=O)COC(=O)c1cc2c(C)nn(-c3ccccc3Cl)c2s1. The number of aromatic nitrogens is 2. The number of esters is 2. The molecule has 10 heteroatoms. The molecular weight excluding hydrogens is 490 g/mol. The number of amides is 1. The Hall–Kier alpha value is -3.69. The Morgan fingerprint density at radius 3 is 2.54 bits per heavy atom. The van der Waals surface area contributed by atoms with E-state index in [0.717, 1.165) is 21.5 Å². The fraction of sp³-hybridized carbons (Fsp3) is 0.200. The van der Waals surface area contributed by atoms with Gasteiger partial charge in [-0.05, 0) is 30.7 Å². The van der Waals surface area contributed by atoms with Crippen LogP contribution in [0.5, 0.6) is 0 Å². The molecule has 0 unspecified atom stereocenters. The molecule has 0 radical (unpaired) electrons. The summed E-state index contributed by atoms with van der Waals surface area (Å²) in [5.41, 5.74) is 2.28. The average Bonchev–Trinajstić information content (AvgIpc) is 3.43. The smallest absolute Gasteiger partial charge is 0.348 e. The third kappa shape index (κ3) is 5.52. The van der Waals surface area contributed by atoms with Crippen molar-refractivity contribution < 1.29 is 23.9 Å². The summed E-state index contributed by atoms with van der Waals surface area (Å²) in [6.07, 6.45) is 0.251. The average molecular weight is 512 g/mol. The van der Waals surface area contributed by atoms with Crippen molar-refractivity contribution in [3.63, 3.8) is 0 Å². The zero-order chi connectivity index (χ0) is 24.9. The van der Waals surface area contributed by atoms with Gasteiger partial charge in [-0.2, -0.15) is 5.10 Å². The van der Waals surface area contributed by atoms with Gasteiger partial charge in [0.05, 0.1) is 23.5 Å². The zero-order valence-corrected chi connectivity index (χ0v) is 20.6. The number of carbonyl (C=O) groups is 3. The first-order chi connectivity index (χ1) is 16.9. The van der Waals surface area contributed by atoms with Crippen LogP contribution in [0.15, 0.2) is 60.7 Å². The molecule has 0 aliphatic carbocycles. The summed E-state index contributed by atoms with van der Waals surface area (Å²) < 4.78 is 11.7. The molecule has 2 heterocycles. The first-order valence-corrected chi connectivity index (χ1v) is 11.9. The van der Waals surface area contributed by atoms with Crippen LogP contribution in [0, 0.1) is 6.92 Å². The second-order valence-electron chi connectivity index (χ2n) is 7.69. The van der Waals surface area contributed by atoms with Crippen LogP contribution in [0.1, 0.15) is 20.9 Å². The van der Waals surface area contributed by atoms with E-state index in [9.17, 15) is 14.4 Å². The van der Waals surface area contributed by atoms with E-state index in [-0.39, 0.29) is 6.42 Å². The van der Waals surface area contributed by atoms with Gasteiger partial charge < -0.3 is 14.8 Å². The number of aryl methyl sites for hydroxylation is 1. The number of ether oxygens (including phenoxy) is 2. The maximum absolute atomic E-state index is 12.7. The molecule has 0 bridgehead atoms. The Kier molecular flexibility index (Phi) is 7.48. The van der Waals surface area contributed by atoms with Crippen molar-refractivity contribution in [1.82, 2.24) is 15.1 Å². The van der Waals surface area contributed by atoms with Gasteiger partial charge in [-0.25, -0.2) is 14.3 Å². The highest BCUT2D eigenvalue weighted by Crippen LogP contribution is 2.32. The van der Waals surface area contributed by atoms with Gasteiger partial charge in [-0.3, -0.25) is 4.79 Å². The maximum Gasteiger partial charge on any atom is 0.348 e. The minimum absolute atomic E-state index is 0.251. The van der Waals surface area contributed by atoms with Crippen LogP contribution in [0.3, 0.4) is 0 Å². The molecule has 4 aromatic rings. The summed E-state index contributed by atoms with van der Waals surface area (Å²) in [5.74, 6) is -1.84. The van der Waals surface area contributed by atoms with E-state index < -0.39 is 30.5 Å². The number of halogens is 1. The van der Waals surface area contributed by atoms with Gasteiger partial charge in [0.2, 0.25) is 0 Å². The molecule has 1 N–H and O–H groups in total. The fourth-order valence-electron chi connectivity index (χ4n) is 3.56. The van der Waals surface area contributed by atoms with Gasteiger partial charge in [0.15, 0.2) is 6.61 Å². The van der Waals surface area contributed by atoms with Crippen molar-refractivity contribution in [2.45, 2.75) is 19.4 Å². The largest absolute Gasteiger partial charge is 0.467 e. The summed E-state index contributed by atoms with van der Waals surface area (Å²) in [4.78, 5) is 38.3. The molecular formula is C25H22ClN3O5S. The van der Waals surface area contributed by atoms with Crippen LogP contribution < -0.4 is 5.32 Å². The number of rotatable bonds is 8. The number of fused-ring (bicyclic) bond motifs is 1. The summed E-state index contributed by atoms with van der Waals surface area (Å²) in [6, 6.07) is 17.3. The highest BCUT2D eigenvalue weighted by Gasteiger charge is 2.24. The molecule has 180 valence electrons. The molecule has 35 heavy (non-hydrogen) atoms. The van der Waals surface area contributed by atoms with Crippen molar-refractivity contribution in [1.29, 1.82) is 0 Å². The molecule has 0 saturated heterocycles. The lowest BCUT2D eigenvalue weighted by Gasteiger charge is -2.16. The van der Waals surface area contributed by atoms with E-state index in [1.54, 1.807) is 16.8 Å². The minimum Gasteiger partial charge on any atom is -0.467 e. The third-order valence-corrected chi connectivity index (χ3v) is 6.67. The number of para-hydroxylation sites is 1. The lowest BCUT2D eigenvalue weighted by Crippen LogP contribution is -2.44. The van der Waals surface area contributed by atoms with Gasteiger partial charge in [-0.15, -0.1) is 11.3 Å². The number of benzene rings is 2. The lowest BCUT2D eigenvalue weighted by molar-refractivity contribution is -0.145. The Balaban J connectivity index is 1.43. The molecule has 0 fully saturated rings. The highest BCUT2D eigenvalue weighted by molar-refractivity contribution is 7.20. The highest BCUT2D eigenvalue weighted by atomic mass is 35.5. The number of methoxy groups -OCH3 is 1. The lowest BCUT2D eigenvalue weighted by atomic mass is 10.1. The van der Waals surface area contributed by atoms with Crippen LogP contribution in [0.25, 0.3) is 15.9 Å². The van der Waals surface area contributed by atoms with Crippen LogP contribution in [-0.2, 0) is 25.5 Å². The number of thiophene rings is 1. The van der Waals surface area contributed by atoms with Crippen LogP contribution in [-0.4, -0.2) is 47.4 Å². The first-order valence-electron chi connectivity index (χ1n) is 10.7. The topological polar surface area (TPSA) is 99.5 Å². The quantitative estimate of drug-likeness (QED) is 0.357. The molecule has 1 atom stereocenters. The van der Waals surface area contributed by atoms with E-state index >= 15 is 0 Å². The second-order valence-corrected chi connectivity index (χ2v) is 9.13. The Morgan fingerprint density at radius 2 is 1.83 bits per heavy atom. The predicted molar refractivity (Wildman–Crippen MR) is 133 cm³/mol. The molecule has 2 aromatic heterocycles. The van der Waals surface area contributed by atoms with E-state index in [1.807, 2.05) is 55.5 Å². The Labute approximate surface area is 210 Å². The first kappa shape index (κ1) is 24.4. The van der Waals surface area contributed by atoms with Crippen molar-refractivity contribution in [2.75, 3.05) is 13.7 Å². The van der Waals surface area contributed by atoms with Crippen LogP contribution in [0.2, 0.25) is 5.02 Å². The van der Waals surface area contributed by atoms with Crippen molar-refractivity contribution in [3.05, 3.63) is 81.8 Å². The summed E-state index contributed by atoms with van der Waals surface area (Å²) in [7, 11) is 1.25. The zero-order valence-electron chi connectivity index (χ0n) is 19.0. The van der Waals surface area contributed by atoms with E-state index in [0.29, 0.717) is 15.6 Å². The molecule has 8 nitrogen and oxygen atoms in total. The number of hydrogen-bond acceptors (Lipinski definition) is 7. The normalized spacial score (nSPS) is 11.7. The molecule has 0 aliphatic rings. The number of carbonyl (C=O) groups excluding carboxylic acids is 3. The molecule has 4 rings (SSSR count). The minimum atomic E-state index is -0.901. The van der Waals surface area contributed by atoms with Crippen molar-refractivity contribution >= 4 is 51.0 Å². The monoisotopic (exact) mass is 511 g/mol. The van der Waals surface area contributed by atoms with E-state index in [2.05, 4.69) is 10.4 Å². The van der Waals surface area contributed by atoms with Gasteiger partial charge in [-0.1, -0.05) is 54.1 Å². The molecule has 0 aliphatic heterocycles. The maximum atomic E-state index is 12.7. The molecule has 2 aromatic carbocycles. The molecule has 1 amide bonds. The van der Waals surface area contributed by atoms with Gasteiger partial charge in [0, 0.05) is 11.8 Å². The molecule has 0 spiro atoms. The summed E-state index contributed by atoms with van der Waals surface area (Å²) in [6.45, 7) is 1.30. The third-order valence-electron chi connectivity index (χ3n) is 5.26. The predicted octanol–water partition coefficient (Wildman–Crippen LogP) is 4.11. The number of nitrogens with zero attached hydrogens (tertiary/aromatic N) is 2. The number of hydrogen-bond donors (Lipinski definition) is 1. The standard InChI is InChI=1S/C25H22ClN3O5S/c1-15-17-13-21(35-23(17)29(28-15)20-11-7-6-10-18(20)26)25(32)34-14-22(30)27-19(24(31)33-2)12-16-8-4-3-5-9-16/h3-11,13,19H,12,14H2,1-2H3,(H,27,30)/t19-/m1/s1. The van der Waals surface area contributed by atoms with Crippen molar-refractivity contribution in [2.24, 2.45) is 0 Å². The molecule has 0 saturated carbocycles.